The fourth-order valence-corrected chi connectivity index (χ4v) is 3.74. The molecule has 0 aliphatic carbocycles. The Morgan fingerprint density at radius 2 is 1.74 bits per heavy atom. The van der Waals surface area contributed by atoms with Crippen LogP contribution in [0.2, 0.25) is 5.02 Å². The third kappa shape index (κ3) is 6.24. The number of anilines is 5. The minimum atomic E-state index is -0.243. The molecule has 0 radical (unpaired) electrons. The topological polar surface area (TPSA) is 85.4 Å². The van der Waals surface area contributed by atoms with Gasteiger partial charge in [0.25, 0.3) is 0 Å². The first-order chi connectivity index (χ1) is 16.5. The average molecular weight is 478 g/mol. The first-order valence-corrected chi connectivity index (χ1v) is 11.5. The summed E-state index contributed by atoms with van der Waals surface area (Å²) in [5.41, 5.74) is 3.84. The van der Waals surface area contributed by atoms with Crippen molar-refractivity contribution in [3.8, 4) is 0 Å². The van der Waals surface area contributed by atoms with Crippen LogP contribution in [0.15, 0.2) is 67.4 Å². The van der Waals surface area contributed by atoms with Gasteiger partial charge in [0.15, 0.2) is 5.82 Å². The molecule has 9 heteroatoms. The van der Waals surface area contributed by atoms with Crippen molar-refractivity contribution in [3.05, 3.63) is 78.0 Å². The zero-order valence-corrected chi connectivity index (χ0v) is 19.8. The number of carbonyl (C=O) groups excluding carboxylic acids is 1. The number of piperazine rings is 1. The molecule has 4 rings (SSSR count). The van der Waals surface area contributed by atoms with Crippen LogP contribution >= 0.6 is 11.6 Å². The number of hydrogen-bond acceptors (Lipinski definition) is 7. The summed E-state index contributed by atoms with van der Waals surface area (Å²) in [7, 11) is 2.15. The minimum Gasteiger partial charge on any atom is -0.369 e. The molecule has 2 aromatic carbocycles. The molecule has 0 unspecified atom stereocenters. The van der Waals surface area contributed by atoms with Crippen LogP contribution < -0.4 is 20.9 Å². The highest BCUT2D eigenvalue weighted by Gasteiger charge is 2.14. The van der Waals surface area contributed by atoms with E-state index in [2.05, 4.69) is 61.5 Å². The van der Waals surface area contributed by atoms with E-state index >= 15 is 0 Å². The molecule has 1 saturated heterocycles. The Hall–Kier alpha value is -3.62. The van der Waals surface area contributed by atoms with Crippen LogP contribution in [0.25, 0.3) is 0 Å². The van der Waals surface area contributed by atoms with E-state index < -0.39 is 0 Å². The summed E-state index contributed by atoms with van der Waals surface area (Å²) in [5.74, 6) is 0.756. The van der Waals surface area contributed by atoms with Gasteiger partial charge < -0.3 is 25.8 Å². The third-order valence-corrected chi connectivity index (χ3v) is 5.88. The van der Waals surface area contributed by atoms with Gasteiger partial charge in [0.1, 0.15) is 5.02 Å². The number of likely N-dealkylation sites (N-methyl/N-ethyl adjacent to an activating group) is 1. The van der Waals surface area contributed by atoms with E-state index in [-0.39, 0.29) is 5.91 Å². The normalized spacial score (nSPS) is 13.9. The quantitative estimate of drug-likeness (QED) is 0.415. The van der Waals surface area contributed by atoms with Crippen LogP contribution in [0.1, 0.15) is 5.56 Å². The summed E-state index contributed by atoms with van der Waals surface area (Å²) in [4.78, 5) is 25.0. The second kappa shape index (κ2) is 11.0. The van der Waals surface area contributed by atoms with Gasteiger partial charge in [0, 0.05) is 49.8 Å². The number of nitrogens with zero attached hydrogens (tertiary/aromatic N) is 4. The van der Waals surface area contributed by atoms with Crippen LogP contribution in [0.4, 0.5) is 28.8 Å². The predicted molar refractivity (Wildman–Crippen MR) is 139 cm³/mol. The van der Waals surface area contributed by atoms with E-state index in [1.807, 2.05) is 36.4 Å². The first-order valence-electron chi connectivity index (χ1n) is 11.1. The highest BCUT2D eigenvalue weighted by atomic mass is 35.5. The number of benzene rings is 2. The monoisotopic (exact) mass is 477 g/mol. The van der Waals surface area contributed by atoms with Crippen LogP contribution in [-0.2, 0) is 11.3 Å². The number of carbonyl (C=O) groups is 1. The van der Waals surface area contributed by atoms with Gasteiger partial charge in [-0.05, 0) is 55.1 Å². The second-order valence-corrected chi connectivity index (χ2v) is 8.50. The van der Waals surface area contributed by atoms with Crippen LogP contribution in [0.5, 0.6) is 0 Å². The van der Waals surface area contributed by atoms with Crippen molar-refractivity contribution in [2.45, 2.75) is 6.54 Å². The van der Waals surface area contributed by atoms with Gasteiger partial charge in [-0.25, -0.2) is 4.98 Å². The minimum absolute atomic E-state index is 0.243. The van der Waals surface area contributed by atoms with E-state index in [0.717, 1.165) is 37.4 Å². The SMILES string of the molecule is C=CC(=O)Nc1ccc(CNc2nc(Nc3ccc(N4CCN(C)CC4)cc3)ncc2Cl)cc1. The van der Waals surface area contributed by atoms with E-state index in [4.69, 9.17) is 11.6 Å². The first kappa shape index (κ1) is 23.5. The molecule has 1 aliphatic heterocycles. The molecule has 1 aromatic heterocycles. The van der Waals surface area contributed by atoms with E-state index in [1.54, 1.807) is 6.20 Å². The lowest BCUT2D eigenvalue weighted by Gasteiger charge is -2.34. The van der Waals surface area contributed by atoms with Gasteiger partial charge in [-0.15, -0.1) is 0 Å². The van der Waals surface area contributed by atoms with E-state index in [0.29, 0.717) is 29.0 Å². The number of halogens is 1. The van der Waals surface area contributed by atoms with E-state index in [9.17, 15) is 4.79 Å². The summed E-state index contributed by atoms with van der Waals surface area (Å²) in [6, 6.07) is 15.8. The molecule has 3 N–H and O–H groups in total. The Morgan fingerprint density at radius 1 is 1.06 bits per heavy atom. The summed E-state index contributed by atoms with van der Waals surface area (Å²) in [6.45, 7) is 8.18. The van der Waals surface area contributed by atoms with Gasteiger partial charge in [-0.1, -0.05) is 30.3 Å². The lowest BCUT2D eigenvalue weighted by atomic mass is 10.2. The van der Waals surface area contributed by atoms with Crippen molar-refractivity contribution < 1.29 is 4.79 Å². The van der Waals surface area contributed by atoms with Gasteiger partial charge in [0.05, 0.1) is 6.20 Å². The molecule has 1 aliphatic rings. The molecule has 34 heavy (non-hydrogen) atoms. The number of rotatable bonds is 8. The molecule has 1 fully saturated rings. The lowest BCUT2D eigenvalue weighted by molar-refractivity contribution is -0.111. The second-order valence-electron chi connectivity index (χ2n) is 8.10. The Bertz CT molecular complexity index is 1130. The van der Waals surface area contributed by atoms with E-state index in [1.165, 1.54) is 11.8 Å². The van der Waals surface area contributed by atoms with Gasteiger partial charge in [-0.2, -0.15) is 4.98 Å². The maximum absolute atomic E-state index is 11.4. The summed E-state index contributed by atoms with van der Waals surface area (Å²) in [5, 5.41) is 9.65. The maximum Gasteiger partial charge on any atom is 0.247 e. The fraction of sp³-hybridized carbons (Fsp3) is 0.240. The standard InChI is InChI=1S/C25H28ClN7O/c1-3-23(34)29-19-6-4-18(5-7-19)16-27-24-22(26)17-28-25(31-24)30-20-8-10-21(11-9-20)33-14-12-32(2)13-15-33/h3-11,17H,1,12-16H2,2H3,(H,29,34)(H2,27,28,30,31). The molecule has 0 spiro atoms. The fourth-order valence-electron chi connectivity index (χ4n) is 3.59. The Morgan fingerprint density at radius 3 is 2.41 bits per heavy atom. The van der Waals surface area contributed by atoms with Gasteiger partial charge in [0.2, 0.25) is 11.9 Å². The van der Waals surface area contributed by atoms with Crippen molar-refractivity contribution in [2.75, 3.05) is 54.1 Å². The summed E-state index contributed by atoms with van der Waals surface area (Å²) >= 11 is 6.30. The van der Waals surface area contributed by atoms with Crippen molar-refractivity contribution in [1.82, 2.24) is 14.9 Å². The largest absolute Gasteiger partial charge is 0.369 e. The van der Waals surface area contributed by atoms with Gasteiger partial charge in [-0.3, -0.25) is 4.79 Å². The molecule has 0 atom stereocenters. The highest BCUT2D eigenvalue weighted by Crippen LogP contribution is 2.24. The Labute approximate surface area is 204 Å². The average Bonchev–Trinajstić information content (AvgIpc) is 2.86. The van der Waals surface area contributed by atoms with Crippen molar-refractivity contribution in [2.24, 2.45) is 0 Å². The molecule has 0 bridgehead atoms. The van der Waals surface area contributed by atoms with Crippen molar-refractivity contribution >= 4 is 46.3 Å². The van der Waals surface area contributed by atoms with Gasteiger partial charge >= 0.3 is 0 Å². The smallest absolute Gasteiger partial charge is 0.247 e. The molecule has 3 aromatic rings. The van der Waals surface area contributed by atoms with Crippen molar-refractivity contribution in [3.63, 3.8) is 0 Å². The maximum atomic E-state index is 11.4. The molecule has 8 nitrogen and oxygen atoms in total. The molecular weight excluding hydrogens is 450 g/mol. The molecule has 2 heterocycles. The molecular formula is C25H28ClN7O. The molecule has 176 valence electrons. The third-order valence-electron chi connectivity index (χ3n) is 5.60. The Kier molecular flexibility index (Phi) is 7.61. The Balaban J connectivity index is 1.35. The summed E-state index contributed by atoms with van der Waals surface area (Å²) in [6.07, 6.45) is 2.81. The zero-order chi connectivity index (χ0) is 23.9. The van der Waals surface area contributed by atoms with Crippen LogP contribution in [0.3, 0.4) is 0 Å². The number of amides is 1. The van der Waals surface area contributed by atoms with Crippen LogP contribution in [-0.4, -0.2) is 54.0 Å². The molecule has 0 saturated carbocycles. The lowest BCUT2D eigenvalue weighted by Crippen LogP contribution is -2.44. The van der Waals surface area contributed by atoms with Crippen molar-refractivity contribution in [1.29, 1.82) is 0 Å². The number of hydrogen-bond donors (Lipinski definition) is 3. The predicted octanol–water partition coefficient (Wildman–Crippen LogP) is 4.36. The molecule has 1 amide bonds. The van der Waals surface area contributed by atoms with Crippen LogP contribution in [0, 0.1) is 0 Å². The number of aromatic nitrogens is 2. The summed E-state index contributed by atoms with van der Waals surface area (Å²) < 4.78 is 0. The highest BCUT2D eigenvalue weighted by molar-refractivity contribution is 6.32. The zero-order valence-electron chi connectivity index (χ0n) is 19.1. The number of nitrogens with one attached hydrogen (secondary N) is 3.